The molecule has 0 heterocycles. The third-order valence-electron chi connectivity index (χ3n) is 1.37. The summed E-state index contributed by atoms with van der Waals surface area (Å²) < 4.78 is 0. The largest absolute Gasteiger partial charge is 0.547 e. The molecule has 0 fully saturated rings. The lowest BCUT2D eigenvalue weighted by Crippen LogP contribution is -2.51. The molecule has 0 amide bonds. The van der Waals surface area contributed by atoms with Gasteiger partial charge in [0.05, 0.1) is 5.97 Å². The highest BCUT2D eigenvalue weighted by molar-refractivity contribution is 5.85. The van der Waals surface area contributed by atoms with Crippen LogP contribution in [0.4, 0.5) is 0 Å². The van der Waals surface area contributed by atoms with E-state index in [9.17, 15) is 14.7 Å². The van der Waals surface area contributed by atoms with Crippen LogP contribution >= 0.6 is 0 Å². The van der Waals surface area contributed by atoms with Gasteiger partial charge in [-0.25, -0.2) is 0 Å². The Balaban J connectivity index is 4.32. The van der Waals surface area contributed by atoms with E-state index in [0.717, 1.165) is 0 Å². The molecule has 76 valence electrons. The minimum atomic E-state index is -2.37. The summed E-state index contributed by atoms with van der Waals surface area (Å²) in [4.78, 5) is 20.4. The minimum absolute atomic E-state index is 1.06. The van der Waals surface area contributed by atoms with Crippen molar-refractivity contribution in [3.63, 3.8) is 0 Å². The molecule has 0 aromatic carbocycles. The molecule has 0 aliphatic rings. The molecule has 0 aromatic heterocycles. The van der Waals surface area contributed by atoms with Crippen LogP contribution in [0.3, 0.4) is 0 Å². The Kier molecular flexibility index (Phi) is 4.49. The number of hydrogen-bond acceptors (Lipinski definition) is 7. The van der Waals surface area contributed by atoms with Gasteiger partial charge >= 0.3 is 0 Å². The summed E-state index contributed by atoms with van der Waals surface area (Å²) in [6.45, 7) is -1.06. The number of aliphatic hydroxyl groups excluding tert-OH is 4. The molecule has 13 heavy (non-hydrogen) atoms. The average molecular weight is 193 g/mol. The van der Waals surface area contributed by atoms with E-state index >= 15 is 0 Å². The zero-order valence-corrected chi connectivity index (χ0v) is 6.45. The van der Waals surface area contributed by atoms with Crippen LogP contribution in [0.25, 0.3) is 0 Å². The molecule has 0 unspecified atom stereocenters. The normalized spacial score (nSPS) is 17.5. The Hall–Kier alpha value is -1.02. The van der Waals surface area contributed by atoms with Crippen LogP contribution in [0.5, 0.6) is 0 Å². The lowest BCUT2D eigenvalue weighted by atomic mass is 10.1. The van der Waals surface area contributed by atoms with Crippen molar-refractivity contribution in [2.45, 2.75) is 18.3 Å². The number of rotatable bonds is 5. The number of carbonyl (C=O) groups excluding carboxylic acids is 2. The molecule has 0 aliphatic carbocycles. The second-order valence-electron chi connectivity index (χ2n) is 2.32. The van der Waals surface area contributed by atoms with Gasteiger partial charge in [-0.2, -0.15) is 0 Å². The van der Waals surface area contributed by atoms with Crippen molar-refractivity contribution >= 4 is 11.8 Å². The van der Waals surface area contributed by atoms with Crippen molar-refractivity contribution in [2.75, 3.05) is 6.61 Å². The molecule has 0 saturated carbocycles. The van der Waals surface area contributed by atoms with Gasteiger partial charge in [0.15, 0.2) is 5.78 Å². The third kappa shape index (κ3) is 3.07. The Morgan fingerprint density at radius 2 is 1.62 bits per heavy atom. The number of carbonyl (C=O) groups is 2. The Morgan fingerprint density at radius 3 is 1.92 bits per heavy atom. The van der Waals surface area contributed by atoms with Gasteiger partial charge in [-0.3, -0.25) is 4.79 Å². The Bertz CT molecular complexity index is 201. The van der Waals surface area contributed by atoms with Crippen molar-refractivity contribution in [1.29, 1.82) is 0 Å². The van der Waals surface area contributed by atoms with E-state index in [-0.39, 0.29) is 0 Å². The van der Waals surface area contributed by atoms with Gasteiger partial charge in [-0.05, 0) is 0 Å². The van der Waals surface area contributed by atoms with Crippen LogP contribution in [-0.4, -0.2) is 57.1 Å². The quantitative estimate of drug-likeness (QED) is 0.344. The van der Waals surface area contributed by atoms with Crippen LogP contribution in [0.15, 0.2) is 0 Å². The molecule has 4 N–H and O–H groups in total. The van der Waals surface area contributed by atoms with Crippen LogP contribution in [0.1, 0.15) is 0 Å². The number of carboxylic acids is 1. The zero-order chi connectivity index (χ0) is 10.6. The van der Waals surface area contributed by atoms with Gasteiger partial charge < -0.3 is 30.3 Å². The van der Waals surface area contributed by atoms with E-state index in [2.05, 4.69) is 0 Å². The van der Waals surface area contributed by atoms with E-state index in [1.807, 2.05) is 0 Å². The highest BCUT2D eigenvalue weighted by atomic mass is 16.4. The van der Waals surface area contributed by atoms with Crippen molar-refractivity contribution in [3.05, 3.63) is 0 Å². The van der Waals surface area contributed by atoms with Crippen molar-refractivity contribution in [2.24, 2.45) is 0 Å². The van der Waals surface area contributed by atoms with Gasteiger partial charge in [-0.1, -0.05) is 0 Å². The van der Waals surface area contributed by atoms with E-state index in [4.69, 9.17) is 20.4 Å². The molecule has 0 rings (SSSR count). The monoisotopic (exact) mass is 193 g/mol. The standard InChI is InChI=1S/C6H10O7/c7-1-2(8)3(9)4(10)5(11)6(12)13/h3-5,7,9-11H,1H2,(H,12,13)/p-1/t3-,4+,5+/m1/s1. The molecular formula is C6H9O7-. The van der Waals surface area contributed by atoms with E-state index in [1.54, 1.807) is 0 Å². The number of carboxylic acid groups (broad SMARTS) is 1. The fourth-order valence-electron chi connectivity index (χ4n) is 0.596. The van der Waals surface area contributed by atoms with Crippen molar-refractivity contribution in [1.82, 2.24) is 0 Å². The number of Topliss-reactive ketones (excluding diaryl/α,β-unsaturated/α-hetero) is 1. The topological polar surface area (TPSA) is 138 Å². The Morgan fingerprint density at radius 1 is 1.15 bits per heavy atom. The molecular weight excluding hydrogens is 184 g/mol. The predicted molar refractivity (Wildman–Crippen MR) is 35.1 cm³/mol. The number of ketones is 1. The lowest BCUT2D eigenvalue weighted by molar-refractivity contribution is -0.319. The number of aliphatic hydroxyl groups is 4. The summed E-state index contributed by atoms with van der Waals surface area (Å²) in [7, 11) is 0. The lowest BCUT2D eigenvalue weighted by Gasteiger charge is -2.21. The first-order chi connectivity index (χ1) is 5.91. The molecule has 0 bridgehead atoms. The molecule has 7 nitrogen and oxygen atoms in total. The molecule has 0 aliphatic heterocycles. The molecule has 3 atom stereocenters. The van der Waals surface area contributed by atoms with Gasteiger partial charge in [-0.15, -0.1) is 0 Å². The number of aliphatic carboxylic acids is 1. The molecule has 0 saturated heterocycles. The SMILES string of the molecule is O=C([O-])[C@@H](O)[C@@H](O)[C@H](O)C(=O)CO. The average Bonchev–Trinajstić information content (AvgIpc) is 2.12. The maximum absolute atomic E-state index is 10.5. The maximum atomic E-state index is 10.5. The fourth-order valence-corrected chi connectivity index (χ4v) is 0.596. The highest BCUT2D eigenvalue weighted by Crippen LogP contribution is 2.00. The molecule has 0 spiro atoms. The maximum Gasteiger partial charge on any atom is 0.189 e. The summed E-state index contributed by atoms with van der Waals surface area (Å²) in [5.41, 5.74) is 0. The van der Waals surface area contributed by atoms with Gasteiger partial charge in [0.25, 0.3) is 0 Å². The minimum Gasteiger partial charge on any atom is -0.547 e. The molecule has 0 radical (unpaired) electrons. The van der Waals surface area contributed by atoms with Crippen molar-refractivity contribution < 1.29 is 35.1 Å². The number of hydrogen-bond donors (Lipinski definition) is 4. The van der Waals surface area contributed by atoms with Gasteiger partial charge in [0, 0.05) is 0 Å². The highest BCUT2D eigenvalue weighted by Gasteiger charge is 2.30. The van der Waals surface area contributed by atoms with E-state index in [1.165, 1.54) is 0 Å². The second-order valence-corrected chi connectivity index (χ2v) is 2.32. The second kappa shape index (κ2) is 4.87. The molecule has 7 heteroatoms. The first-order valence-electron chi connectivity index (χ1n) is 3.30. The summed E-state index contributed by atoms with van der Waals surface area (Å²) in [5, 5.41) is 44.4. The summed E-state index contributed by atoms with van der Waals surface area (Å²) in [5.74, 6) is -3.20. The fraction of sp³-hybridized carbons (Fsp3) is 0.667. The van der Waals surface area contributed by atoms with Crippen molar-refractivity contribution in [3.8, 4) is 0 Å². The van der Waals surface area contributed by atoms with Crippen LogP contribution in [0.2, 0.25) is 0 Å². The van der Waals surface area contributed by atoms with E-state index in [0.29, 0.717) is 0 Å². The van der Waals surface area contributed by atoms with Crippen LogP contribution < -0.4 is 5.11 Å². The molecule has 0 aromatic rings. The summed E-state index contributed by atoms with van der Waals surface area (Å²) in [6.07, 6.45) is -6.71. The van der Waals surface area contributed by atoms with E-state index < -0.39 is 36.7 Å². The predicted octanol–water partition coefficient (Wildman–Crippen LogP) is -4.62. The van der Waals surface area contributed by atoms with Gasteiger partial charge in [0.2, 0.25) is 0 Å². The summed E-state index contributed by atoms with van der Waals surface area (Å²) >= 11 is 0. The van der Waals surface area contributed by atoms with Crippen LogP contribution in [-0.2, 0) is 9.59 Å². The Labute approximate surface area is 72.9 Å². The first-order valence-corrected chi connectivity index (χ1v) is 3.30. The third-order valence-corrected chi connectivity index (χ3v) is 1.37. The zero-order valence-electron chi connectivity index (χ0n) is 6.45. The smallest absolute Gasteiger partial charge is 0.189 e. The van der Waals surface area contributed by atoms with Gasteiger partial charge in [0.1, 0.15) is 24.9 Å². The first kappa shape index (κ1) is 12.0. The summed E-state index contributed by atoms with van der Waals surface area (Å²) in [6, 6.07) is 0. The van der Waals surface area contributed by atoms with Crippen LogP contribution in [0, 0.1) is 0 Å².